The van der Waals surface area contributed by atoms with Gasteiger partial charge in [0.05, 0.1) is 5.69 Å². The van der Waals surface area contributed by atoms with Crippen molar-refractivity contribution >= 4 is 23.1 Å². The molecule has 6 nitrogen and oxygen atoms in total. The zero-order valence-electron chi connectivity index (χ0n) is 11.8. The summed E-state index contributed by atoms with van der Waals surface area (Å²) < 4.78 is 31.1. The van der Waals surface area contributed by atoms with Gasteiger partial charge in [0, 0.05) is 0 Å². The Morgan fingerprint density at radius 3 is 2.36 bits per heavy atom. The van der Waals surface area contributed by atoms with Crippen LogP contribution in [0.3, 0.4) is 0 Å². The minimum Gasteiger partial charge on any atom is -0.748 e. The highest BCUT2D eigenvalue weighted by atomic mass is 32.2. The number of amides is 1. The van der Waals surface area contributed by atoms with Crippen LogP contribution in [0.15, 0.2) is 54.6 Å². The van der Waals surface area contributed by atoms with E-state index in [0.717, 1.165) is 11.1 Å². The maximum Gasteiger partial charge on any atom is 0.440 e. The Morgan fingerprint density at radius 1 is 1.14 bits per heavy atom. The summed E-state index contributed by atoms with van der Waals surface area (Å²) in [5.74, 6) is 0. The number of hydrogen-bond acceptors (Lipinski definition) is 5. The van der Waals surface area contributed by atoms with Gasteiger partial charge in [-0.3, -0.25) is 0 Å². The summed E-state index contributed by atoms with van der Waals surface area (Å²) in [5.41, 5.74) is 2.00. The van der Waals surface area contributed by atoms with E-state index in [9.17, 15) is 13.6 Å². The molecule has 1 amide bonds. The molecule has 2 aromatic rings. The van der Waals surface area contributed by atoms with Gasteiger partial charge in [0.25, 0.3) is 0 Å². The molecule has 2 rings (SSSR count). The lowest BCUT2D eigenvalue weighted by atomic mass is 10.2. The molecule has 0 aromatic heterocycles. The van der Waals surface area contributed by atoms with Crippen molar-refractivity contribution in [3.63, 3.8) is 0 Å². The molecule has 0 aliphatic heterocycles. The molecule has 0 bridgehead atoms. The maximum atomic E-state index is 12.0. The lowest BCUT2D eigenvalue weighted by molar-refractivity contribution is 0.121. The molecule has 0 aliphatic carbocycles. The van der Waals surface area contributed by atoms with E-state index in [1.165, 1.54) is 0 Å². The molecule has 0 radical (unpaired) electrons. The molecule has 0 saturated heterocycles. The van der Waals surface area contributed by atoms with Crippen LogP contribution >= 0.6 is 0 Å². The van der Waals surface area contributed by atoms with Crippen molar-refractivity contribution in [2.45, 2.75) is 13.5 Å². The van der Waals surface area contributed by atoms with Gasteiger partial charge < -0.3 is 9.29 Å². The Morgan fingerprint density at radius 2 is 1.77 bits per heavy atom. The SMILES string of the molecule is Cc1ccc(N(OS(=O)[O-])C(=O)OCc2ccccc2)cc1. The van der Waals surface area contributed by atoms with Crippen molar-refractivity contribution in [2.24, 2.45) is 0 Å². The van der Waals surface area contributed by atoms with Gasteiger partial charge in [-0.15, -0.1) is 5.06 Å². The third-order valence-electron chi connectivity index (χ3n) is 2.77. The average Bonchev–Trinajstić information content (AvgIpc) is 2.52. The van der Waals surface area contributed by atoms with Crippen molar-refractivity contribution in [3.8, 4) is 0 Å². The Hall–Kier alpha value is -2.22. The number of ether oxygens (including phenoxy) is 1. The number of benzene rings is 2. The van der Waals surface area contributed by atoms with Crippen LogP contribution in [-0.2, 0) is 27.0 Å². The Balaban J connectivity index is 2.09. The highest BCUT2D eigenvalue weighted by Gasteiger charge is 2.19. The molecule has 0 fully saturated rings. The van der Waals surface area contributed by atoms with E-state index in [1.807, 2.05) is 25.1 Å². The molecule has 1 unspecified atom stereocenters. The number of carbonyl (C=O) groups is 1. The summed E-state index contributed by atoms with van der Waals surface area (Å²) in [4.78, 5) is 12.0. The van der Waals surface area contributed by atoms with Gasteiger partial charge in [0.15, 0.2) is 0 Å². The van der Waals surface area contributed by atoms with Crippen LogP contribution < -0.4 is 5.06 Å². The van der Waals surface area contributed by atoms with Crippen molar-refractivity contribution in [2.75, 3.05) is 5.06 Å². The molecule has 0 spiro atoms. The summed E-state index contributed by atoms with van der Waals surface area (Å²) in [7, 11) is 0. The average molecular weight is 320 g/mol. The van der Waals surface area contributed by atoms with Crippen LogP contribution in [0.1, 0.15) is 11.1 Å². The van der Waals surface area contributed by atoms with Crippen molar-refractivity contribution in [1.29, 1.82) is 0 Å². The van der Waals surface area contributed by atoms with Gasteiger partial charge in [-0.2, -0.15) is 4.28 Å². The lowest BCUT2D eigenvalue weighted by Crippen LogP contribution is -2.32. The van der Waals surface area contributed by atoms with Crippen LogP contribution in [0.4, 0.5) is 10.5 Å². The van der Waals surface area contributed by atoms with Crippen LogP contribution in [0.2, 0.25) is 0 Å². The first-order valence-electron chi connectivity index (χ1n) is 6.41. The standard InChI is InChI=1S/C15H15NO5S/c1-12-7-9-14(10-8-12)16(21-22(18)19)15(17)20-11-13-5-3-2-4-6-13/h2-10H,11H2,1H3,(H,18,19)/p-1. The highest BCUT2D eigenvalue weighted by molar-refractivity contribution is 7.74. The van der Waals surface area contributed by atoms with E-state index in [4.69, 9.17) is 4.74 Å². The van der Waals surface area contributed by atoms with Gasteiger partial charge in [-0.1, -0.05) is 48.0 Å². The topological polar surface area (TPSA) is 78.9 Å². The minimum absolute atomic E-state index is 0.0108. The fourth-order valence-electron chi connectivity index (χ4n) is 1.70. The third-order valence-corrected chi connectivity index (χ3v) is 3.05. The second-order valence-electron chi connectivity index (χ2n) is 4.45. The molecule has 22 heavy (non-hydrogen) atoms. The predicted octanol–water partition coefficient (Wildman–Crippen LogP) is 2.86. The number of rotatable bonds is 5. The Bertz CT molecular complexity index is 645. The van der Waals surface area contributed by atoms with Crippen LogP contribution in [-0.4, -0.2) is 14.9 Å². The molecule has 0 heterocycles. The van der Waals surface area contributed by atoms with Gasteiger partial charge >= 0.3 is 6.09 Å². The zero-order valence-corrected chi connectivity index (χ0v) is 12.6. The predicted molar refractivity (Wildman–Crippen MR) is 80.3 cm³/mol. The minimum atomic E-state index is -2.90. The lowest BCUT2D eigenvalue weighted by Gasteiger charge is -2.21. The number of hydrogen-bond donors (Lipinski definition) is 0. The number of carbonyl (C=O) groups excluding carboxylic acids is 1. The quantitative estimate of drug-likeness (QED) is 0.625. The molecular weight excluding hydrogens is 306 g/mol. The normalized spacial score (nSPS) is 11.7. The van der Waals surface area contributed by atoms with E-state index in [2.05, 4.69) is 4.28 Å². The fourth-order valence-corrected chi connectivity index (χ4v) is 1.97. The molecule has 0 N–H and O–H groups in total. The number of nitrogens with zero attached hydrogens (tertiary/aromatic N) is 1. The summed E-state index contributed by atoms with van der Waals surface area (Å²) in [6.07, 6.45) is -0.920. The smallest absolute Gasteiger partial charge is 0.440 e. The van der Waals surface area contributed by atoms with Crippen LogP contribution in [0.5, 0.6) is 0 Å². The Kier molecular flexibility index (Phi) is 5.65. The molecule has 2 aromatic carbocycles. The molecule has 116 valence electrons. The summed E-state index contributed by atoms with van der Waals surface area (Å²) in [6, 6.07) is 15.6. The summed E-state index contributed by atoms with van der Waals surface area (Å²) in [6.45, 7) is 1.88. The molecule has 0 aliphatic rings. The second-order valence-corrected chi connectivity index (χ2v) is 5.01. The third kappa shape index (κ3) is 4.66. The van der Waals surface area contributed by atoms with Crippen LogP contribution in [0.25, 0.3) is 0 Å². The van der Waals surface area contributed by atoms with Gasteiger partial charge in [-0.25, -0.2) is 9.00 Å². The zero-order chi connectivity index (χ0) is 15.9. The second kappa shape index (κ2) is 7.69. The van der Waals surface area contributed by atoms with Gasteiger partial charge in [0.1, 0.15) is 18.0 Å². The largest absolute Gasteiger partial charge is 0.748 e. The molecule has 7 heteroatoms. The molecule has 0 saturated carbocycles. The van der Waals surface area contributed by atoms with E-state index < -0.39 is 17.5 Å². The first kappa shape index (κ1) is 16.2. The maximum absolute atomic E-state index is 12.0. The van der Waals surface area contributed by atoms with E-state index in [0.29, 0.717) is 5.06 Å². The number of hydroxylamine groups is 1. The first-order valence-corrected chi connectivity index (χ1v) is 7.41. The van der Waals surface area contributed by atoms with Crippen molar-refractivity contribution < 1.29 is 22.6 Å². The number of anilines is 1. The van der Waals surface area contributed by atoms with E-state index >= 15 is 0 Å². The Labute approximate surface area is 130 Å². The molecule has 1 atom stereocenters. The van der Waals surface area contributed by atoms with Crippen molar-refractivity contribution in [1.82, 2.24) is 0 Å². The first-order chi connectivity index (χ1) is 10.6. The summed E-state index contributed by atoms with van der Waals surface area (Å²) >= 11 is -2.90. The monoisotopic (exact) mass is 320 g/mol. The van der Waals surface area contributed by atoms with E-state index in [-0.39, 0.29) is 12.3 Å². The molecular formula is C15H14NO5S-. The van der Waals surface area contributed by atoms with Gasteiger partial charge in [-0.05, 0) is 24.6 Å². The summed E-state index contributed by atoms with van der Waals surface area (Å²) in [5, 5.41) is 0.589. The van der Waals surface area contributed by atoms with Gasteiger partial charge in [0.2, 0.25) is 0 Å². The van der Waals surface area contributed by atoms with Crippen LogP contribution in [0, 0.1) is 6.92 Å². The highest BCUT2D eigenvalue weighted by Crippen LogP contribution is 2.18. The fraction of sp³-hybridized carbons (Fsp3) is 0.133. The van der Waals surface area contributed by atoms with E-state index in [1.54, 1.807) is 36.4 Å². The van der Waals surface area contributed by atoms with Crippen molar-refractivity contribution in [3.05, 3.63) is 65.7 Å². The number of aryl methyl sites for hydroxylation is 1.